The average Bonchev–Trinajstić information content (AvgIpc) is 3.47. The molecule has 28 heavy (non-hydrogen) atoms. The molecule has 0 unspecified atom stereocenters. The fraction of sp³-hybridized carbons (Fsp3) is 0.278. The van der Waals surface area contributed by atoms with Crippen LogP contribution in [0.25, 0.3) is 11.7 Å². The molecule has 3 heterocycles. The molecule has 1 amide bonds. The summed E-state index contributed by atoms with van der Waals surface area (Å²) >= 11 is 0. The zero-order valence-corrected chi connectivity index (χ0v) is 14.8. The fourth-order valence-electron chi connectivity index (χ4n) is 3.12. The summed E-state index contributed by atoms with van der Waals surface area (Å²) in [6.45, 7) is 1.58. The van der Waals surface area contributed by atoms with Crippen molar-refractivity contribution in [2.45, 2.75) is 19.4 Å². The van der Waals surface area contributed by atoms with Gasteiger partial charge in [-0.3, -0.25) is 14.9 Å². The zero-order valence-electron chi connectivity index (χ0n) is 14.8. The van der Waals surface area contributed by atoms with Crippen molar-refractivity contribution >= 4 is 17.3 Å². The molecule has 1 aromatic carbocycles. The van der Waals surface area contributed by atoms with E-state index in [1.165, 1.54) is 12.3 Å². The number of carbonyl (C=O) groups is 1. The summed E-state index contributed by atoms with van der Waals surface area (Å²) in [5, 5.41) is 17.9. The van der Waals surface area contributed by atoms with Crippen LogP contribution in [-0.2, 0) is 6.54 Å². The Bertz CT molecular complexity index is 992. The second-order valence-electron chi connectivity index (χ2n) is 6.33. The quantitative estimate of drug-likeness (QED) is 0.508. The third-order valence-electron chi connectivity index (χ3n) is 4.49. The SMILES string of the molecule is O=C(NCc1noc(-c2ccco2)n1)c1ccc(N2CCCC2)c([N+](=O)[O-])c1. The maximum Gasteiger partial charge on any atom is 0.293 e. The highest BCUT2D eigenvalue weighted by Gasteiger charge is 2.24. The van der Waals surface area contributed by atoms with Gasteiger partial charge in [0, 0.05) is 24.7 Å². The van der Waals surface area contributed by atoms with Gasteiger partial charge in [-0.05, 0) is 37.1 Å². The molecule has 144 valence electrons. The van der Waals surface area contributed by atoms with E-state index < -0.39 is 10.8 Å². The predicted molar refractivity (Wildman–Crippen MR) is 97.7 cm³/mol. The number of nitrogens with zero attached hydrogens (tertiary/aromatic N) is 4. The monoisotopic (exact) mass is 383 g/mol. The van der Waals surface area contributed by atoms with Gasteiger partial charge in [-0.15, -0.1) is 0 Å². The summed E-state index contributed by atoms with van der Waals surface area (Å²) in [6, 6.07) is 7.88. The molecule has 1 N–H and O–H groups in total. The van der Waals surface area contributed by atoms with Gasteiger partial charge in [-0.25, -0.2) is 0 Å². The molecular formula is C18H17N5O5. The van der Waals surface area contributed by atoms with Crippen LogP contribution in [-0.4, -0.2) is 34.1 Å². The number of carbonyl (C=O) groups excluding carboxylic acids is 1. The smallest absolute Gasteiger partial charge is 0.293 e. The number of aromatic nitrogens is 2. The topological polar surface area (TPSA) is 128 Å². The van der Waals surface area contributed by atoms with Crippen molar-refractivity contribution in [3.05, 3.63) is 58.1 Å². The Morgan fingerprint density at radius 1 is 1.29 bits per heavy atom. The molecular weight excluding hydrogens is 366 g/mol. The van der Waals surface area contributed by atoms with Crippen molar-refractivity contribution in [2.24, 2.45) is 0 Å². The number of hydrogen-bond acceptors (Lipinski definition) is 8. The number of furan rings is 1. The maximum atomic E-state index is 12.4. The first-order chi connectivity index (χ1) is 13.6. The van der Waals surface area contributed by atoms with Crippen LogP contribution in [0.1, 0.15) is 29.0 Å². The van der Waals surface area contributed by atoms with Gasteiger partial charge in [-0.2, -0.15) is 4.98 Å². The predicted octanol–water partition coefficient (Wildman–Crippen LogP) is 2.77. The molecule has 4 rings (SSSR count). The van der Waals surface area contributed by atoms with Gasteiger partial charge in [0.2, 0.25) is 0 Å². The highest BCUT2D eigenvalue weighted by Crippen LogP contribution is 2.31. The van der Waals surface area contributed by atoms with Crippen LogP contribution in [0, 0.1) is 10.1 Å². The summed E-state index contributed by atoms with van der Waals surface area (Å²) in [7, 11) is 0. The van der Waals surface area contributed by atoms with Crippen LogP contribution in [0.2, 0.25) is 0 Å². The second kappa shape index (κ2) is 7.51. The third-order valence-corrected chi connectivity index (χ3v) is 4.49. The Kier molecular flexibility index (Phi) is 4.75. The van der Waals surface area contributed by atoms with Gasteiger partial charge in [0.1, 0.15) is 5.69 Å². The lowest BCUT2D eigenvalue weighted by atomic mass is 10.1. The molecule has 0 spiro atoms. The van der Waals surface area contributed by atoms with Gasteiger partial charge in [0.05, 0.1) is 17.7 Å². The van der Waals surface area contributed by atoms with Crippen molar-refractivity contribution in [3.63, 3.8) is 0 Å². The van der Waals surface area contributed by atoms with Crippen LogP contribution < -0.4 is 10.2 Å². The van der Waals surface area contributed by atoms with E-state index in [1.54, 1.807) is 24.3 Å². The van der Waals surface area contributed by atoms with E-state index in [9.17, 15) is 14.9 Å². The molecule has 3 aromatic rings. The molecule has 2 aromatic heterocycles. The first-order valence-corrected chi connectivity index (χ1v) is 8.80. The Morgan fingerprint density at radius 3 is 2.82 bits per heavy atom. The third kappa shape index (κ3) is 3.56. The summed E-state index contributed by atoms with van der Waals surface area (Å²) in [6.07, 6.45) is 3.49. The maximum absolute atomic E-state index is 12.4. The minimum Gasteiger partial charge on any atom is -0.459 e. The van der Waals surface area contributed by atoms with Crippen LogP contribution in [0.4, 0.5) is 11.4 Å². The van der Waals surface area contributed by atoms with Crippen molar-refractivity contribution in [3.8, 4) is 11.7 Å². The van der Waals surface area contributed by atoms with E-state index in [1.807, 2.05) is 4.90 Å². The summed E-state index contributed by atoms with van der Waals surface area (Å²) in [5.41, 5.74) is 0.666. The van der Waals surface area contributed by atoms with Crippen LogP contribution >= 0.6 is 0 Å². The standard InChI is InChI=1S/C18H17N5O5/c24-17(19-11-16-20-18(28-21-16)15-4-3-9-27-15)12-5-6-13(14(10-12)23(25)26)22-7-1-2-8-22/h3-6,9-10H,1-2,7-8,11H2,(H,19,24). The van der Waals surface area contributed by atoms with Crippen LogP contribution in [0.5, 0.6) is 0 Å². The molecule has 10 heteroatoms. The van der Waals surface area contributed by atoms with E-state index in [2.05, 4.69) is 15.5 Å². The average molecular weight is 383 g/mol. The molecule has 1 aliphatic rings. The highest BCUT2D eigenvalue weighted by molar-refractivity contribution is 5.95. The van der Waals surface area contributed by atoms with E-state index in [4.69, 9.17) is 8.94 Å². The van der Waals surface area contributed by atoms with Gasteiger partial charge in [0.15, 0.2) is 11.6 Å². The number of rotatable bonds is 6. The van der Waals surface area contributed by atoms with Crippen molar-refractivity contribution < 1.29 is 18.7 Å². The first kappa shape index (κ1) is 17.7. The minimum atomic E-state index is -0.459. The van der Waals surface area contributed by atoms with Crippen molar-refractivity contribution in [1.82, 2.24) is 15.5 Å². The van der Waals surface area contributed by atoms with E-state index in [0.717, 1.165) is 25.9 Å². The molecule has 1 fully saturated rings. The van der Waals surface area contributed by atoms with Gasteiger partial charge in [-0.1, -0.05) is 5.16 Å². The first-order valence-electron chi connectivity index (χ1n) is 8.80. The van der Waals surface area contributed by atoms with Crippen molar-refractivity contribution in [1.29, 1.82) is 0 Å². The normalized spacial score (nSPS) is 13.6. The summed E-state index contributed by atoms with van der Waals surface area (Å²) < 4.78 is 10.2. The lowest BCUT2D eigenvalue weighted by Gasteiger charge is -2.17. The fourth-order valence-corrected chi connectivity index (χ4v) is 3.12. The highest BCUT2D eigenvalue weighted by atomic mass is 16.6. The van der Waals surface area contributed by atoms with E-state index in [-0.39, 0.29) is 29.5 Å². The Balaban J connectivity index is 1.46. The van der Waals surface area contributed by atoms with Gasteiger partial charge >= 0.3 is 0 Å². The molecule has 10 nitrogen and oxygen atoms in total. The number of amides is 1. The molecule has 1 aliphatic heterocycles. The second-order valence-corrected chi connectivity index (χ2v) is 6.33. The Hall–Kier alpha value is -3.69. The largest absolute Gasteiger partial charge is 0.459 e. The van der Waals surface area contributed by atoms with Gasteiger partial charge in [0.25, 0.3) is 17.5 Å². The van der Waals surface area contributed by atoms with E-state index >= 15 is 0 Å². The Labute approximate surface area is 159 Å². The van der Waals surface area contributed by atoms with Gasteiger partial charge < -0.3 is 19.2 Å². The lowest BCUT2D eigenvalue weighted by Crippen LogP contribution is -2.24. The summed E-state index contributed by atoms with van der Waals surface area (Å²) in [4.78, 5) is 29.5. The van der Waals surface area contributed by atoms with Crippen molar-refractivity contribution in [2.75, 3.05) is 18.0 Å². The summed E-state index contributed by atoms with van der Waals surface area (Å²) in [5.74, 6) is 0.446. The molecule has 0 aliphatic carbocycles. The van der Waals surface area contributed by atoms with E-state index in [0.29, 0.717) is 11.4 Å². The van der Waals surface area contributed by atoms with Crippen LogP contribution in [0.15, 0.2) is 45.5 Å². The number of nitrogens with one attached hydrogen (secondary N) is 1. The number of nitro groups is 1. The minimum absolute atomic E-state index is 0.0186. The zero-order chi connectivity index (χ0) is 19.5. The Morgan fingerprint density at radius 2 is 2.11 bits per heavy atom. The number of hydrogen-bond donors (Lipinski definition) is 1. The molecule has 0 atom stereocenters. The lowest BCUT2D eigenvalue weighted by molar-refractivity contribution is -0.384. The molecule has 0 bridgehead atoms. The molecule has 0 saturated carbocycles. The molecule has 1 saturated heterocycles. The number of benzene rings is 1. The number of anilines is 1. The number of nitro benzene ring substituents is 1. The molecule has 0 radical (unpaired) electrons. The van der Waals surface area contributed by atoms with Crippen LogP contribution in [0.3, 0.4) is 0 Å².